The number of carbonyl (C=O) groups excluding carboxylic acids is 1. The van der Waals surface area contributed by atoms with Gasteiger partial charge in [-0.05, 0) is 19.4 Å². The van der Waals surface area contributed by atoms with Crippen LogP contribution in [0.5, 0.6) is 0 Å². The standard InChI is InChI=1S/C5H11ClN2O2.H2O/c6-10-5(9)4(8)2-1-3-7;/h4H,1-3,7-8H2;1H2/t4-;/m1./s1. The Morgan fingerprint density at radius 2 is 2.18 bits per heavy atom. The molecule has 5 nitrogen and oxygen atoms in total. The normalized spacial score (nSPS) is 11.5. The highest BCUT2D eigenvalue weighted by atomic mass is 35.5. The van der Waals surface area contributed by atoms with Crippen molar-refractivity contribution >= 4 is 17.8 Å². The van der Waals surface area contributed by atoms with Crippen molar-refractivity contribution in [2.75, 3.05) is 6.54 Å². The van der Waals surface area contributed by atoms with Crippen LogP contribution in [0.2, 0.25) is 0 Å². The molecule has 0 fully saturated rings. The van der Waals surface area contributed by atoms with Crippen LogP contribution in [0.1, 0.15) is 12.8 Å². The summed E-state index contributed by atoms with van der Waals surface area (Å²) < 4.78 is 3.88. The van der Waals surface area contributed by atoms with E-state index in [9.17, 15) is 4.79 Å². The first-order chi connectivity index (χ1) is 4.72. The molecule has 0 amide bonds. The van der Waals surface area contributed by atoms with E-state index >= 15 is 0 Å². The zero-order valence-electron chi connectivity index (χ0n) is 6.05. The van der Waals surface area contributed by atoms with Crippen LogP contribution in [-0.4, -0.2) is 24.0 Å². The van der Waals surface area contributed by atoms with Crippen LogP contribution in [0.3, 0.4) is 0 Å². The monoisotopic (exact) mass is 184 g/mol. The van der Waals surface area contributed by atoms with Gasteiger partial charge in [0.25, 0.3) is 0 Å². The Hall–Kier alpha value is -0.360. The molecular formula is C5H13ClN2O3. The highest BCUT2D eigenvalue weighted by Crippen LogP contribution is 1.96. The van der Waals surface area contributed by atoms with E-state index in [1.54, 1.807) is 0 Å². The Morgan fingerprint density at radius 1 is 1.64 bits per heavy atom. The number of carbonyl (C=O) groups is 1. The van der Waals surface area contributed by atoms with E-state index in [1.807, 2.05) is 0 Å². The maximum absolute atomic E-state index is 10.5. The lowest BCUT2D eigenvalue weighted by Gasteiger charge is -2.04. The van der Waals surface area contributed by atoms with E-state index in [-0.39, 0.29) is 5.48 Å². The molecule has 0 aromatic carbocycles. The van der Waals surface area contributed by atoms with Crippen LogP contribution < -0.4 is 11.5 Å². The van der Waals surface area contributed by atoms with E-state index in [0.29, 0.717) is 19.4 Å². The van der Waals surface area contributed by atoms with Gasteiger partial charge >= 0.3 is 5.97 Å². The summed E-state index contributed by atoms with van der Waals surface area (Å²) in [5, 5.41) is 0. The Labute approximate surface area is 70.1 Å². The molecule has 6 N–H and O–H groups in total. The smallest absolute Gasteiger partial charge is 0.341 e. The molecule has 0 radical (unpaired) electrons. The second-order valence-electron chi connectivity index (χ2n) is 1.93. The Morgan fingerprint density at radius 3 is 2.55 bits per heavy atom. The SMILES string of the molecule is NCCC[C@@H](N)C(=O)OCl.O. The molecule has 0 aliphatic rings. The lowest BCUT2D eigenvalue weighted by molar-refractivity contribution is -0.135. The first-order valence-corrected chi connectivity index (χ1v) is 3.31. The molecule has 0 bridgehead atoms. The molecule has 0 heterocycles. The van der Waals surface area contributed by atoms with Crippen LogP contribution in [0, 0.1) is 0 Å². The predicted molar refractivity (Wildman–Crippen MR) is 41.8 cm³/mol. The van der Waals surface area contributed by atoms with Crippen molar-refractivity contribution in [3.05, 3.63) is 0 Å². The van der Waals surface area contributed by atoms with Crippen LogP contribution in [0.15, 0.2) is 0 Å². The van der Waals surface area contributed by atoms with E-state index in [4.69, 9.17) is 23.3 Å². The van der Waals surface area contributed by atoms with Gasteiger partial charge in [-0.3, -0.25) is 0 Å². The Bertz CT molecular complexity index is 112. The topological polar surface area (TPSA) is 110 Å². The quantitative estimate of drug-likeness (QED) is 0.579. The highest BCUT2D eigenvalue weighted by Gasteiger charge is 2.12. The van der Waals surface area contributed by atoms with Crippen molar-refractivity contribution < 1.29 is 14.6 Å². The average Bonchev–Trinajstić information content (AvgIpc) is 1.98. The van der Waals surface area contributed by atoms with Gasteiger partial charge in [-0.25, -0.2) is 4.79 Å². The van der Waals surface area contributed by atoms with E-state index in [1.165, 1.54) is 0 Å². The summed E-state index contributed by atoms with van der Waals surface area (Å²) in [6, 6.07) is -0.638. The van der Waals surface area contributed by atoms with Gasteiger partial charge in [0, 0.05) is 0 Å². The molecule has 68 valence electrons. The molecule has 0 aromatic heterocycles. The first-order valence-electron chi connectivity index (χ1n) is 3.00. The zero-order valence-corrected chi connectivity index (χ0v) is 6.80. The van der Waals surface area contributed by atoms with Gasteiger partial charge in [0.2, 0.25) is 0 Å². The zero-order chi connectivity index (χ0) is 7.98. The minimum absolute atomic E-state index is 0. The minimum Gasteiger partial charge on any atom is -0.412 e. The van der Waals surface area contributed by atoms with Crippen molar-refractivity contribution in [1.29, 1.82) is 0 Å². The van der Waals surface area contributed by atoms with Crippen LogP contribution in [0.4, 0.5) is 0 Å². The van der Waals surface area contributed by atoms with Gasteiger partial charge in [0.15, 0.2) is 0 Å². The summed E-state index contributed by atoms with van der Waals surface area (Å²) in [5.41, 5.74) is 10.5. The van der Waals surface area contributed by atoms with Crippen molar-refractivity contribution in [3.8, 4) is 0 Å². The summed E-state index contributed by atoms with van der Waals surface area (Å²) >= 11 is 4.76. The van der Waals surface area contributed by atoms with Gasteiger partial charge in [-0.15, -0.1) is 0 Å². The number of hydrogen-bond donors (Lipinski definition) is 2. The molecule has 0 aliphatic heterocycles. The lowest BCUT2D eigenvalue weighted by atomic mass is 10.2. The molecule has 1 atom stereocenters. The maximum atomic E-state index is 10.5. The molecule has 0 rings (SSSR count). The number of rotatable bonds is 4. The Balaban J connectivity index is 0. The lowest BCUT2D eigenvalue weighted by Crippen LogP contribution is -2.31. The highest BCUT2D eigenvalue weighted by molar-refractivity contribution is 6.13. The molecule has 0 saturated heterocycles. The molecule has 0 unspecified atom stereocenters. The fourth-order valence-electron chi connectivity index (χ4n) is 0.513. The molecule has 0 aromatic rings. The van der Waals surface area contributed by atoms with Crippen LogP contribution in [0.25, 0.3) is 0 Å². The summed E-state index contributed by atoms with van der Waals surface area (Å²) in [6.45, 7) is 0.517. The van der Waals surface area contributed by atoms with Crippen LogP contribution >= 0.6 is 11.9 Å². The van der Waals surface area contributed by atoms with Crippen molar-refractivity contribution in [2.24, 2.45) is 11.5 Å². The van der Waals surface area contributed by atoms with Crippen molar-refractivity contribution in [2.45, 2.75) is 18.9 Å². The maximum Gasteiger partial charge on any atom is 0.341 e. The first kappa shape index (κ1) is 13.2. The fourth-order valence-corrected chi connectivity index (χ4v) is 0.627. The van der Waals surface area contributed by atoms with Gasteiger partial charge in [0.05, 0.1) is 0 Å². The summed E-state index contributed by atoms with van der Waals surface area (Å²) in [4.78, 5) is 10.5. The molecule has 11 heavy (non-hydrogen) atoms. The molecule has 6 heteroatoms. The molecule has 0 spiro atoms. The summed E-state index contributed by atoms with van der Waals surface area (Å²) in [7, 11) is 0. The average molecular weight is 185 g/mol. The largest absolute Gasteiger partial charge is 0.412 e. The van der Waals surface area contributed by atoms with Crippen molar-refractivity contribution in [3.63, 3.8) is 0 Å². The minimum atomic E-state index is -0.638. The fraction of sp³-hybridized carbons (Fsp3) is 0.800. The van der Waals surface area contributed by atoms with Crippen LogP contribution in [-0.2, 0) is 9.08 Å². The molecular weight excluding hydrogens is 172 g/mol. The number of nitrogens with two attached hydrogens (primary N) is 2. The number of halogens is 1. The summed E-state index contributed by atoms with van der Waals surface area (Å²) in [6.07, 6.45) is 1.22. The summed E-state index contributed by atoms with van der Waals surface area (Å²) in [5.74, 6) is -0.602. The van der Waals surface area contributed by atoms with Crippen molar-refractivity contribution in [1.82, 2.24) is 0 Å². The van der Waals surface area contributed by atoms with Gasteiger partial charge < -0.3 is 21.2 Å². The van der Waals surface area contributed by atoms with E-state index in [2.05, 4.69) is 4.29 Å². The van der Waals surface area contributed by atoms with Gasteiger partial charge in [-0.1, -0.05) is 0 Å². The second-order valence-corrected chi connectivity index (χ2v) is 2.09. The van der Waals surface area contributed by atoms with E-state index < -0.39 is 12.0 Å². The second kappa shape index (κ2) is 7.74. The van der Waals surface area contributed by atoms with E-state index in [0.717, 1.165) is 0 Å². The number of hydrogen-bond acceptors (Lipinski definition) is 4. The third kappa shape index (κ3) is 6.05. The predicted octanol–water partition coefficient (Wildman–Crippen LogP) is -1.08. The Kier molecular flexibility index (Phi) is 9.32. The third-order valence-electron chi connectivity index (χ3n) is 1.10. The van der Waals surface area contributed by atoms with Gasteiger partial charge in [0.1, 0.15) is 17.9 Å². The third-order valence-corrected chi connectivity index (χ3v) is 1.25. The molecule has 0 saturated carbocycles. The van der Waals surface area contributed by atoms with Gasteiger partial charge in [-0.2, -0.15) is 0 Å². The molecule has 0 aliphatic carbocycles.